The first-order valence-electron chi connectivity index (χ1n) is 12.4. The number of ketones is 1. The van der Waals surface area contributed by atoms with Crippen LogP contribution in [-0.2, 0) is 27.3 Å². The van der Waals surface area contributed by atoms with Crippen molar-refractivity contribution in [1.29, 1.82) is 0 Å². The number of ether oxygens (including phenoxy) is 1. The Bertz CT molecular complexity index is 1090. The SMILES string of the molecule is COC1=C[C@H](C(=O)NC2CCN(Cc3ccccc3)CC2)[C@@]2(C)Cc3ccccc3[C@H]2CC1=O. The topological polar surface area (TPSA) is 58.6 Å². The molecule has 1 aliphatic heterocycles. The molecular weight excluding hydrogens is 424 g/mol. The van der Waals surface area contributed by atoms with E-state index >= 15 is 0 Å². The fourth-order valence-electron chi connectivity index (χ4n) is 6.24. The highest BCUT2D eigenvalue weighted by atomic mass is 16.5. The Labute approximate surface area is 202 Å². The number of allylic oxidation sites excluding steroid dienone is 1. The minimum atomic E-state index is -0.409. The summed E-state index contributed by atoms with van der Waals surface area (Å²) in [7, 11) is 1.53. The van der Waals surface area contributed by atoms with Gasteiger partial charge in [0.25, 0.3) is 0 Å². The van der Waals surface area contributed by atoms with E-state index < -0.39 is 5.92 Å². The molecular formula is C29H34N2O3. The summed E-state index contributed by atoms with van der Waals surface area (Å²) in [5.41, 5.74) is 3.43. The van der Waals surface area contributed by atoms with Gasteiger partial charge in [0.15, 0.2) is 11.5 Å². The summed E-state index contributed by atoms with van der Waals surface area (Å²) in [5.74, 6) is -0.0610. The molecule has 2 aromatic rings. The van der Waals surface area contributed by atoms with E-state index in [1.807, 2.05) is 18.2 Å². The van der Waals surface area contributed by atoms with Crippen LogP contribution in [-0.4, -0.2) is 42.8 Å². The van der Waals surface area contributed by atoms with Gasteiger partial charge in [0.1, 0.15) is 0 Å². The number of fused-ring (bicyclic) bond motifs is 3. The van der Waals surface area contributed by atoms with Crippen molar-refractivity contribution in [3.63, 3.8) is 0 Å². The fraction of sp³-hybridized carbons (Fsp3) is 0.448. The van der Waals surface area contributed by atoms with Gasteiger partial charge < -0.3 is 10.1 Å². The van der Waals surface area contributed by atoms with E-state index in [1.54, 1.807) is 6.08 Å². The fourth-order valence-corrected chi connectivity index (χ4v) is 6.24. The minimum Gasteiger partial charge on any atom is -0.493 e. The Hall–Kier alpha value is -2.92. The number of hydrogen-bond acceptors (Lipinski definition) is 4. The Morgan fingerprint density at radius 1 is 1.09 bits per heavy atom. The van der Waals surface area contributed by atoms with Gasteiger partial charge in [0.2, 0.25) is 5.91 Å². The summed E-state index contributed by atoms with van der Waals surface area (Å²) in [6.45, 7) is 5.05. The molecule has 0 spiro atoms. The van der Waals surface area contributed by atoms with Gasteiger partial charge in [-0.2, -0.15) is 0 Å². The average Bonchev–Trinajstić information content (AvgIpc) is 3.07. The summed E-state index contributed by atoms with van der Waals surface area (Å²) in [6, 6.07) is 19.0. The van der Waals surface area contributed by atoms with Gasteiger partial charge >= 0.3 is 0 Å². The van der Waals surface area contributed by atoms with Crippen LogP contribution in [0.2, 0.25) is 0 Å². The number of Topliss-reactive ketones (excluding diaryl/α,β-unsaturated/α-hetero) is 1. The monoisotopic (exact) mass is 458 g/mol. The molecule has 1 N–H and O–H groups in total. The zero-order chi connectivity index (χ0) is 23.7. The summed E-state index contributed by atoms with van der Waals surface area (Å²) in [6.07, 6.45) is 4.85. The first-order valence-corrected chi connectivity index (χ1v) is 12.4. The maximum atomic E-state index is 13.7. The zero-order valence-electron chi connectivity index (χ0n) is 20.1. The third kappa shape index (κ3) is 4.29. The predicted octanol–water partition coefficient (Wildman–Crippen LogP) is 4.23. The van der Waals surface area contributed by atoms with Gasteiger partial charge in [-0.3, -0.25) is 14.5 Å². The number of piperidine rings is 1. The molecule has 0 aromatic heterocycles. The van der Waals surface area contributed by atoms with Crippen molar-refractivity contribution in [3.05, 3.63) is 83.1 Å². The summed E-state index contributed by atoms with van der Waals surface area (Å²) >= 11 is 0. The maximum absolute atomic E-state index is 13.7. The highest BCUT2D eigenvalue weighted by molar-refractivity contribution is 5.96. The molecule has 0 radical (unpaired) electrons. The number of amides is 1. The molecule has 1 amide bonds. The lowest BCUT2D eigenvalue weighted by molar-refractivity contribution is -0.128. The van der Waals surface area contributed by atoms with Crippen molar-refractivity contribution >= 4 is 11.7 Å². The van der Waals surface area contributed by atoms with Gasteiger partial charge in [0, 0.05) is 32.1 Å². The van der Waals surface area contributed by atoms with Crippen LogP contribution in [0.15, 0.2) is 66.4 Å². The molecule has 3 aliphatic rings. The third-order valence-corrected chi connectivity index (χ3v) is 8.18. The number of carbonyl (C=O) groups excluding carboxylic acids is 2. The number of rotatable bonds is 5. The van der Waals surface area contributed by atoms with Crippen molar-refractivity contribution in [2.45, 2.75) is 51.1 Å². The lowest BCUT2D eigenvalue weighted by Crippen LogP contribution is -2.49. The average molecular weight is 459 g/mol. The van der Waals surface area contributed by atoms with Gasteiger partial charge in [-0.1, -0.05) is 61.5 Å². The second kappa shape index (κ2) is 9.38. The van der Waals surface area contributed by atoms with Crippen LogP contribution in [0, 0.1) is 11.3 Å². The van der Waals surface area contributed by atoms with Crippen molar-refractivity contribution in [1.82, 2.24) is 10.2 Å². The number of benzene rings is 2. The summed E-state index contributed by atoms with van der Waals surface area (Å²) in [4.78, 5) is 29.1. The van der Waals surface area contributed by atoms with Gasteiger partial charge in [0.05, 0.1) is 13.0 Å². The molecule has 5 rings (SSSR count). The van der Waals surface area contributed by atoms with E-state index in [9.17, 15) is 9.59 Å². The second-order valence-electron chi connectivity index (χ2n) is 10.3. The Balaban J connectivity index is 1.30. The maximum Gasteiger partial charge on any atom is 0.227 e. The van der Waals surface area contributed by atoms with Gasteiger partial charge in [-0.25, -0.2) is 0 Å². The number of methoxy groups -OCH3 is 1. The molecule has 2 aromatic carbocycles. The molecule has 0 unspecified atom stereocenters. The van der Waals surface area contributed by atoms with Crippen molar-refractivity contribution < 1.29 is 14.3 Å². The Morgan fingerprint density at radius 2 is 1.79 bits per heavy atom. The number of likely N-dealkylation sites (tertiary alicyclic amines) is 1. The molecule has 5 nitrogen and oxygen atoms in total. The zero-order valence-corrected chi connectivity index (χ0v) is 20.1. The van der Waals surface area contributed by atoms with E-state index in [0.29, 0.717) is 12.2 Å². The Kier molecular flexibility index (Phi) is 6.30. The minimum absolute atomic E-state index is 0.0139. The third-order valence-electron chi connectivity index (χ3n) is 8.18. The van der Waals surface area contributed by atoms with Crippen LogP contribution in [0.4, 0.5) is 0 Å². The number of carbonyl (C=O) groups is 2. The molecule has 0 bridgehead atoms. The van der Waals surface area contributed by atoms with Crippen LogP contribution < -0.4 is 5.32 Å². The lowest BCUT2D eigenvalue weighted by atomic mass is 9.67. The van der Waals surface area contributed by atoms with E-state index in [-0.39, 0.29) is 29.1 Å². The smallest absolute Gasteiger partial charge is 0.227 e. The lowest BCUT2D eigenvalue weighted by Gasteiger charge is -2.38. The van der Waals surface area contributed by atoms with Crippen molar-refractivity contribution in [3.8, 4) is 0 Å². The van der Waals surface area contributed by atoms with E-state index in [4.69, 9.17) is 4.74 Å². The van der Waals surface area contributed by atoms with Crippen LogP contribution in [0.3, 0.4) is 0 Å². The highest BCUT2D eigenvalue weighted by Crippen LogP contribution is 2.55. The second-order valence-corrected chi connectivity index (χ2v) is 10.3. The van der Waals surface area contributed by atoms with E-state index in [1.165, 1.54) is 23.8 Å². The first-order chi connectivity index (χ1) is 16.5. The number of hydrogen-bond donors (Lipinski definition) is 1. The van der Waals surface area contributed by atoms with E-state index in [0.717, 1.165) is 38.9 Å². The van der Waals surface area contributed by atoms with Crippen LogP contribution in [0.1, 0.15) is 48.8 Å². The normalized spacial score (nSPS) is 27.4. The molecule has 1 saturated heterocycles. The van der Waals surface area contributed by atoms with Crippen molar-refractivity contribution in [2.75, 3.05) is 20.2 Å². The van der Waals surface area contributed by atoms with Gasteiger partial charge in [-0.05, 0) is 53.4 Å². The number of nitrogens with one attached hydrogen (secondary N) is 1. The summed E-state index contributed by atoms with van der Waals surface area (Å²) in [5, 5.41) is 3.35. The molecule has 1 fully saturated rings. The molecule has 34 heavy (non-hydrogen) atoms. The van der Waals surface area contributed by atoms with Crippen LogP contribution in [0.5, 0.6) is 0 Å². The van der Waals surface area contributed by atoms with Crippen LogP contribution >= 0.6 is 0 Å². The molecule has 2 aliphatic carbocycles. The predicted molar refractivity (Wildman–Crippen MR) is 132 cm³/mol. The molecule has 5 heteroatoms. The van der Waals surface area contributed by atoms with E-state index in [2.05, 4.69) is 53.5 Å². The van der Waals surface area contributed by atoms with Crippen molar-refractivity contribution in [2.24, 2.45) is 11.3 Å². The molecule has 0 saturated carbocycles. The molecule has 178 valence electrons. The molecule has 1 heterocycles. The number of nitrogens with zero attached hydrogens (tertiary/aromatic N) is 1. The Morgan fingerprint density at radius 3 is 2.53 bits per heavy atom. The summed E-state index contributed by atoms with van der Waals surface area (Å²) < 4.78 is 5.45. The van der Waals surface area contributed by atoms with Gasteiger partial charge in [-0.15, -0.1) is 0 Å². The quantitative estimate of drug-likeness (QED) is 0.728. The highest BCUT2D eigenvalue weighted by Gasteiger charge is 2.52. The standard InChI is InChI=1S/C29H34N2O3/c1-29-18-21-10-6-7-11-23(21)24(29)16-26(32)27(34-2)17-25(29)28(33)30-22-12-14-31(15-13-22)19-20-8-4-3-5-9-20/h3-11,17,22,24-25H,12-16,18-19H2,1-2H3,(H,30,33)/t24-,25-,29+/m1/s1. The van der Waals surface area contributed by atoms with Crippen LogP contribution in [0.25, 0.3) is 0 Å². The molecule has 3 atom stereocenters. The first kappa shape index (κ1) is 22.9. The largest absolute Gasteiger partial charge is 0.493 e.